The van der Waals surface area contributed by atoms with Crippen LogP contribution in [0.4, 0.5) is 13.2 Å². The number of aromatic carboxylic acids is 1. The van der Waals surface area contributed by atoms with Gasteiger partial charge in [-0.3, -0.25) is 0 Å². The van der Waals surface area contributed by atoms with Gasteiger partial charge in [0.15, 0.2) is 0 Å². The van der Waals surface area contributed by atoms with Crippen molar-refractivity contribution < 1.29 is 31.5 Å². The van der Waals surface area contributed by atoms with Crippen molar-refractivity contribution in [1.82, 2.24) is 0 Å². The van der Waals surface area contributed by atoms with E-state index >= 15 is 0 Å². The van der Waals surface area contributed by atoms with Crippen LogP contribution in [0.25, 0.3) is 0 Å². The van der Waals surface area contributed by atoms with Crippen LogP contribution in [-0.2, 0) is 16.2 Å². The van der Waals surface area contributed by atoms with E-state index in [0.717, 1.165) is 0 Å². The highest BCUT2D eigenvalue weighted by Crippen LogP contribution is 2.36. The van der Waals surface area contributed by atoms with Gasteiger partial charge in [-0.2, -0.15) is 13.2 Å². The van der Waals surface area contributed by atoms with Gasteiger partial charge in [0, 0.05) is 0 Å². The summed E-state index contributed by atoms with van der Waals surface area (Å²) in [7, 11) is -4.73. The Morgan fingerprint density at radius 3 is 2.17 bits per heavy atom. The minimum atomic E-state index is -5.03. The smallest absolute Gasteiger partial charge is 0.417 e. The number of halogens is 4. The minimum Gasteiger partial charge on any atom is -0.478 e. The summed E-state index contributed by atoms with van der Waals surface area (Å²) < 4.78 is 59.8. The third kappa shape index (κ3) is 2.92. The lowest BCUT2D eigenvalue weighted by Crippen LogP contribution is -2.20. The first kappa shape index (κ1) is 14.7. The third-order valence-electron chi connectivity index (χ3n) is 1.91. The average Bonchev–Trinajstić information content (AvgIpc) is 2.13. The molecule has 1 aromatic rings. The molecule has 0 radical (unpaired) electrons. The average molecular weight is 304 g/mol. The molecule has 100 valence electrons. The molecule has 10 heteroatoms. The molecule has 0 heterocycles. The molecule has 1 rings (SSSR count). The van der Waals surface area contributed by atoms with Gasteiger partial charge in [0.1, 0.15) is 0 Å². The number of benzene rings is 1. The Hall–Kier alpha value is -1.32. The molecule has 0 bridgehead atoms. The van der Waals surface area contributed by atoms with Crippen LogP contribution in [0.15, 0.2) is 17.0 Å². The predicted octanol–water partition coefficient (Wildman–Crippen LogP) is 1.70. The first-order valence-electron chi connectivity index (χ1n) is 4.11. The minimum absolute atomic E-state index is 0.213. The van der Waals surface area contributed by atoms with Crippen LogP contribution in [0.1, 0.15) is 15.9 Å². The van der Waals surface area contributed by atoms with Crippen molar-refractivity contribution in [2.45, 2.75) is 11.1 Å². The Bertz CT molecular complexity index is 612. The van der Waals surface area contributed by atoms with Crippen LogP contribution in [0.2, 0.25) is 5.02 Å². The fourth-order valence-electron chi connectivity index (χ4n) is 1.17. The Balaban J connectivity index is 3.75. The predicted molar refractivity (Wildman–Crippen MR) is 54.8 cm³/mol. The highest BCUT2D eigenvalue weighted by Gasteiger charge is 2.37. The summed E-state index contributed by atoms with van der Waals surface area (Å²) >= 11 is 5.34. The van der Waals surface area contributed by atoms with Gasteiger partial charge in [-0.05, 0) is 12.1 Å². The van der Waals surface area contributed by atoms with Gasteiger partial charge in [0.05, 0.1) is 21.0 Å². The van der Waals surface area contributed by atoms with Crippen molar-refractivity contribution in [1.29, 1.82) is 0 Å². The van der Waals surface area contributed by atoms with Crippen molar-refractivity contribution in [3.05, 3.63) is 28.3 Å². The van der Waals surface area contributed by atoms with Crippen LogP contribution < -0.4 is 5.14 Å². The summed E-state index contributed by atoms with van der Waals surface area (Å²) in [6.07, 6.45) is -5.03. The van der Waals surface area contributed by atoms with Gasteiger partial charge >= 0.3 is 12.1 Å². The summed E-state index contributed by atoms with van der Waals surface area (Å²) in [6, 6.07) is 0.494. The molecule has 0 fully saturated rings. The molecule has 1 aromatic carbocycles. The molecule has 0 aliphatic carbocycles. The monoisotopic (exact) mass is 303 g/mol. The summed E-state index contributed by atoms with van der Waals surface area (Å²) in [4.78, 5) is 9.32. The van der Waals surface area contributed by atoms with E-state index in [-0.39, 0.29) is 12.1 Å². The van der Waals surface area contributed by atoms with Crippen LogP contribution in [0, 0.1) is 0 Å². The maximum atomic E-state index is 12.6. The quantitative estimate of drug-likeness (QED) is 0.869. The number of carbonyl (C=O) groups is 1. The zero-order chi connectivity index (χ0) is 14.3. The zero-order valence-electron chi connectivity index (χ0n) is 8.32. The molecule has 3 N–H and O–H groups in total. The summed E-state index contributed by atoms with van der Waals surface area (Å²) in [5.41, 5.74) is -2.39. The summed E-state index contributed by atoms with van der Waals surface area (Å²) in [5, 5.41) is 12.5. The van der Waals surface area contributed by atoms with E-state index in [9.17, 15) is 26.4 Å². The van der Waals surface area contributed by atoms with Crippen molar-refractivity contribution in [2.75, 3.05) is 0 Å². The summed E-state index contributed by atoms with van der Waals surface area (Å²) in [6.45, 7) is 0. The van der Waals surface area contributed by atoms with E-state index in [1.54, 1.807) is 0 Å². The van der Waals surface area contributed by atoms with E-state index in [1.807, 2.05) is 0 Å². The van der Waals surface area contributed by atoms with Gasteiger partial charge in [0.2, 0.25) is 10.0 Å². The lowest BCUT2D eigenvalue weighted by atomic mass is 10.1. The first-order valence-corrected chi connectivity index (χ1v) is 6.04. The van der Waals surface area contributed by atoms with Crippen molar-refractivity contribution in [2.24, 2.45) is 5.14 Å². The molecule has 18 heavy (non-hydrogen) atoms. The molecule has 0 unspecified atom stereocenters. The van der Waals surface area contributed by atoms with E-state index in [4.69, 9.17) is 16.7 Å². The molecule has 5 nitrogen and oxygen atoms in total. The number of sulfonamides is 1. The largest absolute Gasteiger partial charge is 0.478 e. The highest BCUT2D eigenvalue weighted by atomic mass is 35.5. The molecular weight excluding hydrogens is 299 g/mol. The van der Waals surface area contributed by atoms with Crippen LogP contribution >= 0.6 is 11.6 Å². The second kappa shape index (κ2) is 4.41. The maximum absolute atomic E-state index is 12.6. The molecule has 0 amide bonds. The Labute approximate surface area is 104 Å². The van der Waals surface area contributed by atoms with Crippen molar-refractivity contribution in [3.63, 3.8) is 0 Å². The molecule has 0 aliphatic heterocycles. The van der Waals surface area contributed by atoms with Gasteiger partial charge < -0.3 is 5.11 Å². The topological polar surface area (TPSA) is 97.5 Å². The maximum Gasteiger partial charge on any atom is 0.417 e. The summed E-state index contributed by atoms with van der Waals surface area (Å²) in [5.74, 6) is -1.67. The number of carboxylic acid groups (broad SMARTS) is 1. The number of rotatable bonds is 2. The van der Waals surface area contributed by atoms with Gasteiger partial charge in [-0.15, -0.1) is 0 Å². The molecule has 0 saturated carbocycles. The van der Waals surface area contributed by atoms with Gasteiger partial charge in [-0.25, -0.2) is 18.4 Å². The van der Waals surface area contributed by atoms with Gasteiger partial charge in [0.25, 0.3) is 0 Å². The van der Waals surface area contributed by atoms with E-state index in [0.29, 0.717) is 0 Å². The lowest BCUT2D eigenvalue weighted by molar-refractivity contribution is -0.139. The Morgan fingerprint density at radius 1 is 1.33 bits per heavy atom. The first-order chi connectivity index (χ1) is 7.94. The fourth-order valence-corrected chi connectivity index (χ4v) is 2.18. The fraction of sp³-hybridized carbons (Fsp3) is 0.125. The Morgan fingerprint density at radius 2 is 1.83 bits per heavy atom. The lowest BCUT2D eigenvalue weighted by Gasteiger charge is -2.13. The van der Waals surface area contributed by atoms with E-state index in [2.05, 4.69) is 5.14 Å². The molecule has 0 aromatic heterocycles. The number of alkyl halides is 3. The molecule has 0 aliphatic rings. The second-order valence-corrected chi connectivity index (χ2v) is 5.11. The molecular formula is C8H5ClF3NO4S. The highest BCUT2D eigenvalue weighted by molar-refractivity contribution is 7.89. The number of hydrogen-bond donors (Lipinski definition) is 2. The molecule has 0 atom stereocenters. The normalized spacial score (nSPS) is 12.5. The SMILES string of the molecule is NS(=O)(=O)c1cc(C(=O)O)c(Cl)cc1C(F)(F)F. The third-order valence-corrected chi connectivity index (χ3v) is 3.18. The molecule has 0 spiro atoms. The Kier molecular flexibility index (Phi) is 3.61. The second-order valence-electron chi connectivity index (χ2n) is 3.18. The zero-order valence-corrected chi connectivity index (χ0v) is 9.90. The standard InChI is InChI=1S/C8H5ClF3NO4S/c9-5-2-4(8(10,11)12)6(18(13,16)17)1-3(5)7(14)15/h1-2H,(H,14,15)(H2,13,16,17). The number of primary sulfonamides is 1. The van der Waals surface area contributed by atoms with E-state index in [1.165, 1.54) is 0 Å². The van der Waals surface area contributed by atoms with Crippen LogP contribution in [0.5, 0.6) is 0 Å². The number of hydrogen-bond acceptors (Lipinski definition) is 3. The van der Waals surface area contributed by atoms with Crippen molar-refractivity contribution >= 4 is 27.6 Å². The number of nitrogens with two attached hydrogens (primary N) is 1. The molecule has 0 saturated heterocycles. The van der Waals surface area contributed by atoms with Crippen LogP contribution in [0.3, 0.4) is 0 Å². The van der Waals surface area contributed by atoms with Crippen molar-refractivity contribution in [3.8, 4) is 0 Å². The van der Waals surface area contributed by atoms with Crippen LogP contribution in [-0.4, -0.2) is 19.5 Å². The number of carboxylic acids is 1. The van der Waals surface area contributed by atoms with E-state index < -0.39 is 43.2 Å². The van der Waals surface area contributed by atoms with Gasteiger partial charge in [-0.1, -0.05) is 11.6 Å².